The van der Waals surface area contributed by atoms with E-state index < -0.39 is 0 Å². The van der Waals surface area contributed by atoms with Gasteiger partial charge in [-0.3, -0.25) is 9.59 Å². The lowest BCUT2D eigenvalue weighted by molar-refractivity contribution is 0.425. The Bertz CT molecular complexity index is 434. The van der Waals surface area contributed by atoms with Crippen molar-refractivity contribution in [2.45, 2.75) is 26.2 Å². The number of hydrogen-bond donors (Lipinski definition) is 1. The summed E-state index contributed by atoms with van der Waals surface area (Å²) < 4.78 is 0. The summed E-state index contributed by atoms with van der Waals surface area (Å²) >= 11 is 0. The lowest BCUT2D eigenvalue weighted by Gasteiger charge is -2.24. The maximum atomic E-state index is 11.5. The SMILES string of the molecule is CN(C)CCNc1c(C(C)(C)C)c(=O)c1=O. The van der Waals surface area contributed by atoms with Gasteiger partial charge in [0.25, 0.3) is 0 Å². The van der Waals surface area contributed by atoms with Gasteiger partial charge in [-0.05, 0) is 19.5 Å². The van der Waals surface area contributed by atoms with E-state index >= 15 is 0 Å². The third-order valence-corrected chi connectivity index (χ3v) is 2.52. The maximum absolute atomic E-state index is 11.5. The number of likely N-dealkylation sites (N-methyl/N-ethyl adjacent to an activating group) is 1. The van der Waals surface area contributed by atoms with Gasteiger partial charge in [0.1, 0.15) is 0 Å². The molecular weight excluding hydrogens is 204 g/mol. The van der Waals surface area contributed by atoms with Crippen LogP contribution in [0.4, 0.5) is 5.69 Å². The van der Waals surface area contributed by atoms with Crippen LogP contribution in [0.5, 0.6) is 0 Å². The first-order valence-electron chi connectivity index (χ1n) is 5.47. The lowest BCUT2D eigenvalue weighted by Crippen LogP contribution is -2.44. The minimum Gasteiger partial charge on any atom is -0.380 e. The van der Waals surface area contributed by atoms with Crippen molar-refractivity contribution in [3.05, 3.63) is 26.0 Å². The first-order chi connectivity index (χ1) is 7.25. The van der Waals surface area contributed by atoms with E-state index in [1.165, 1.54) is 0 Å². The second-order valence-corrected chi connectivity index (χ2v) is 5.39. The molecule has 0 amide bonds. The van der Waals surface area contributed by atoms with Crippen molar-refractivity contribution in [3.8, 4) is 0 Å². The average Bonchev–Trinajstić information content (AvgIpc) is 2.13. The molecule has 1 aromatic rings. The highest BCUT2D eigenvalue weighted by atomic mass is 16.2. The van der Waals surface area contributed by atoms with Crippen LogP contribution >= 0.6 is 0 Å². The van der Waals surface area contributed by atoms with Crippen LogP contribution < -0.4 is 16.2 Å². The van der Waals surface area contributed by atoms with E-state index in [0.29, 0.717) is 17.8 Å². The van der Waals surface area contributed by atoms with Gasteiger partial charge < -0.3 is 10.2 Å². The van der Waals surface area contributed by atoms with Crippen LogP contribution in [0, 0.1) is 0 Å². The fourth-order valence-electron chi connectivity index (χ4n) is 1.68. The van der Waals surface area contributed by atoms with Crippen LogP contribution in [-0.4, -0.2) is 32.1 Å². The molecule has 1 aromatic carbocycles. The predicted octanol–water partition coefficient (Wildman–Crippen LogP) is 0.554. The van der Waals surface area contributed by atoms with Gasteiger partial charge in [0.15, 0.2) is 0 Å². The molecule has 0 unspecified atom stereocenters. The standard InChI is InChI=1S/C12H20N2O2/c1-12(2,3)8-9(11(16)10(8)15)13-6-7-14(4)5/h13H,6-7H2,1-5H3. The van der Waals surface area contributed by atoms with Gasteiger partial charge in [-0.2, -0.15) is 0 Å². The van der Waals surface area contributed by atoms with E-state index in [1.54, 1.807) is 0 Å². The lowest BCUT2D eigenvalue weighted by atomic mass is 9.82. The van der Waals surface area contributed by atoms with Crippen LogP contribution in [0.1, 0.15) is 26.3 Å². The minimum atomic E-state index is -0.372. The molecule has 0 heterocycles. The zero-order chi connectivity index (χ0) is 12.5. The summed E-state index contributed by atoms with van der Waals surface area (Å²) in [5.74, 6) is 0. The Balaban J connectivity index is 2.79. The normalized spacial score (nSPS) is 12.4. The summed E-state index contributed by atoms with van der Waals surface area (Å²) in [6.45, 7) is 7.35. The zero-order valence-electron chi connectivity index (χ0n) is 10.7. The highest BCUT2D eigenvalue weighted by Crippen LogP contribution is 2.25. The van der Waals surface area contributed by atoms with E-state index in [-0.39, 0.29) is 16.3 Å². The fraction of sp³-hybridized carbons (Fsp3) is 0.667. The smallest absolute Gasteiger partial charge is 0.249 e. The first-order valence-corrected chi connectivity index (χ1v) is 5.47. The molecule has 0 bridgehead atoms. The molecule has 0 aliphatic heterocycles. The molecule has 0 saturated carbocycles. The summed E-state index contributed by atoms with van der Waals surface area (Å²) in [7, 11) is 3.93. The van der Waals surface area contributed by atoms with Gasteiger partial charge >= 0.3 is 0 Å². The summed E-state index contributed by atoms with van der Waals surface area (Å²) in [4.78, 5) is 24.9. The number of rotatable bonds is 4. The number of hydrogen-bond acceptors (Lipinski definition) is 4. The van der Waals surface area contributed by atoms with Crippen molar-refractivity contribution in [2.24, 2.45) is 0 Å². The van der Waals surface area contributed by atoms with Crippen molar-refractivity contribution >= 4 is 5.69 Å². The van der Waals surface area contributed by atoms with E-state index in [2.05, 4.69) is 5.32 Å². The van der Waals surface area contributed by atoms with Crippen molar-refractivity contribution < 1.29 is 0 Å². The van der Waals surface area contributed by atoms with Crippen molar-refractivity contribution in [2.75, 3.05) is 32.5 Å². The first kappa shape index (κ1) is 12.9. The number of nitrogens with zero attached hydrogens (tertiary/aromatic N) is 1. The van der Waals surface area contributed by atoms with E-state index in [0.717, 1.165) is 6.54 Å². The van der Waals surface area contributed by atoms with Crippen LogP contribution in [-0.2, 0) is 5.41 Å². The molecule has 0 aliphatic rings. The minimum absolute atomic E-state index is 0.258. The van der Waals surface area contributed by atoms with Gasteiger partial charge in [-0.25, -0.2) is 0 Å². The van der Waals surface area contributed by atoms with Gasteiger partial charge in [0.2, 0.25) is 10.9 Å². The third-order valence-electron chi connectivity index (χ3n) is 2.52. The summed E-state index contributed by atoms with van der Waals surface area (Å²) in [5, 5.41) is 3.05. The van der Waals surface area contributed by atoms with E-state index in [9.17, 15) is 9.59 Å². The van der Waals surface area contributed by atoms with Gasteiger partial charge in [-0.1, -0.05) is 20.8 Å². The molecule has 1 N–H and O–H groups in total. The molecule has 4 heteroatoms. The molecule has 0 aromatic heterocycles. The Labute approximate surface area is 96.0 Å². The predicted molar refractivity (Wildman–Crippen MR) is 67.1 cm³/mol. The molecule has 0 atom stereocenters. The maximum Gasteiger partial charge on any atom is 0.249 e. The third kappa shape index (κ3) is 2.50. The second-order valence-electron chi connectivity index (χ2n) is 5.39. The average molecular weight is 224 g/mol. The molecule has 90 valence electrons. The molecule has 16 heavy (non-hydrogen) atoms. The van der Waals surface area contributed by atoms with Gasteiger partial charge in [0.05, 0.1) is 5.69 Å². The Kier molecular flexibility index (Phi) is 3.53. The summed E-state index contributed by atoms with van der Waals surface area (Å²) in [6.07, 6.45) is 0. The second kappa shape index (κ2) is 4.37. The van der Waals surface area contributed by atoms with Crippen LogP contribution in [0.3, 0.4) is 0 Å². The van der Waals surface area contributed by atoms with Gasteiger partial charge in [0, 0.05) is 18.7 Å². The molecule has 1 rings (SSSR count). The Morgan fingerprint density at radius 3 is 2.12 bits per heavy atom. The fourth-order valence-corrected chi connectivity index (χ4v) is 1.68. The molecule has 0 saturated heterocycles. The van der Waals surface area contributed by atoms with Crippen LogP contribution in [0.25, 0.3) is 0 Å². The van der Waals surface area contributed by atoms with E-state index in [1.807, 2.05) is 39.8 Å². The highest BCUT2D eigenvalue weighted by Gasteiger charge is 2.29. The Morgan fingerprint density at radius 2 is 1.69 bits per heavy atom. The Hall–Kier alpha value is -1.16. The monoisotopic (exact) mass is 224 g/mol. The number of nitrogens with one attached hydrogen (secondary N) is 1. The molecule has 0 radical (unpaired) electrons. The Morgan fingerprint density at radius 1 is 1.12 bits per heavy atom. The van der Waals surface area contributed by atoms with Crippen molar-refractivity contribution in [1.29, 1.82) is 0 Å². The van der Waals surface area contributed by atoms with Crippen LogP contribution in [0.2, 0.25) is 0 Å². The van der Waals surface area contributed by atoms with Gasteiger partial charge in [-0.15, -0.1) is 0 Å². The molecule has 0 spiro atoms. The zero-order valence-corrected chi connectivity index (χ0v) is 10.7. The molecule has 4 nitrogen and oxygen atoms in total. The quantitative estimate of drug-likeness (QED) is 0.759. The largest absolute Gasteiger partial charge is 0.380 e. The summed E-state index contributed by atoms with van der Waals surface area (Å²) in [6, 6.07) is 0. The van der Waals surface area contributed by atoms with Crippen molar-refractivity contribution in [1.82, 2.24) is 4.90 Å². The molecule has 0 aliphatic carbocycles. The molecule has 0 fully saturated rings. The molecular formula is C12H20N2O2. The van der Waals surface area contributed by atoms with E-state index in [4.69, 9.17) is 0 Å². The highest BCUT2D eigenvalue weighted by molar-refractivity contribution is 5.59. The topological polar surface area (TPSA) is 49.4 Å². The van der Waals surface area contributed by atoms with Crippen molar-refractivity contribution in [3.63, 3.8) is 0 Å². The summed E-state index contributed by atoms with van der Waals surface area (Å²) in [5.41, 5.74) is 0.185. The van der Waals surface area contributed by atoms with Crippen LogP contribution in [0.15, 0.2) is 9.59 Å². The number of anilines is 1.